The lowest BCUT2D eigenvalue weighted by Crippen LogP contribution is -2.10. The van der Waals surface area contributed by atoms with E-state index in [1.54, 1.807) is 22.7 Å². The van der Waals surface area contributed by atoms with Gasteiger partial charge in [0.15, 0.2) is 0 Å². The number of aromatic amines is 1. The highest BCUT2D eigenvalue weighted by atomic mass is 32.2. The van der Waals surface area contributed by atoms with Gasteiger partial charge in [-0.2, -0.15) is 4.98 Å². The van der Waals surface area contributed by atoms with Gasteiger partial charge in [-0.1, -0.05) is 12.1 Å². The fourth-order valence-electron chi connectivity index (χ4n) is 2.23. The normalized spacial score (nSPS) is 16.2. The number of imidazole rings is 1. The fraction of sp³-hybridized carbons (Fsp3) is 0.267. The van der Waals surface area contributed by atoms with Gasteiger partial charge in [0.1, 0.15) is 11.4 Å². The molecule has 0 aromatic carbocycles. The number of nitrogens with zero attached hydrogens (tertiary/aromatic N) is 1. The molecule has 108 valence electrons. The summed E-state index contributed by atoms with van der Waals surface area (Å²) in [7, 11) is 0. The van der Waals surface area contributed by atoms with Crippen LogP contribution in [0.5, 0.6) is 0 Å². The van der Waals surface area contributed by atoms with E-state index < -0.39 is 11.2 Å². The lowest BCUT2D eigenvalue weighted by molar-refractivity contribution is 0.584. The Balaban J connectivity index is 1.74. The van der Waals surface area contributed by atoms with Crippen molar-refractivity contribution >= 4 is 33.8 Å². The molecule has 1 fully saturated rings. The first-order valence-corrected chi connectivity index (χ1v) is 9.95. The van der Waals surface area contributed by atoms with Gasteiger partial charge >= 0.3 is 5.16 Å². The van der Waals surface area contributed by atoms with Crippen molar-refractivity contribution in [2.24, 2.45) is 5.92 Å². The Labute approximate surface area is 134 Å². The Morgan fingerprint density at radius 3 is 2.52 bits per heavy atom. The largest absolute Gasteiger partial charge is 0.609 e. The fourth-order valence-corrected chi connectivity index (χ4v) is 5.00. The molecule has 1 N–H and O–H groups in total. The van der Waals surface area contributed by atoms with Crippen LogP contribution < -0.4 is 0 Å². The Kier molecular flexibility index (Phi) is 3.62. The van der Waals surface area contributed by atoms with Gasteiger partial charge in [0.25, 0.3) is 0 Å². The van der Waals surface area contributed by atoms with E-state index in [-0.39, 0.29) is 0 Å². The third kappa shape index (κ3) is 2.81. The summed E-state index contributed by atoms with van der Waals surface area (Å²) in [5.41, 5.74) is 1.91. The standard InChI is InChI=1S/C15H14N2OS3/c18-21(9-10-5-6-10)15-16-13(11-3-1-7-19-11)14(17-15)12-4-2-8-20-12/h1-4,7-8,10H,5-6,9H2,(H,16,17). The van der Waals surface area contributed by atoms with Gasteiger partial charge in [-0.05, 0) is 35.7 Å². The molecule has 6 heteroatoms. The SMILES string of the molecule is [O-][S+](CC1CC1)c1nc(-c2cccs2)c(-c2cccs2)[nH]1. The predicted octanol–water partition coefficient (Wildman–Crippen LogP) is 4.38. The maximum atomic E-state index is 12.4. The molecule has 0 radical (unpaired) electrons. The van der Waals surface area contributed by atoms with Gasteiger partial charge in [0.2, 0.25) is 0 Å². The van der Waals surface area contributed by atoms with Crippen LogP contribution in [0.2, 0.25) is 0 Å². The third-order valence-corrected chi connectivity index (χ3v) is 6.67. The van der Waals surface area contributed by atoms with Crippen LogP contribution in [0.1, 0.15) is 12.8 Å². The molecule has 3 aromatic heterocycles. The molecule has 0 saturated heterocycles. The van der Waals surface area contributed by atoms with Crippen LogP contribution in [0.15, 0.2) is 40.2 Å². The number of H-pyrrole nitrogens is 1. The monoisotopic (exact) mass is 334 g/mol. The summed E-state index contributed by atoms with van der Waals surface area (Å²) >= 11 is 2.31. The molecule has 0 bridgehead atoms. The maximum absolute atomic E-state index is 12.4. The minimum absolute atomic E-state index is 0.619. The number of nitrogens with one attached hydrogen (secondary N) is 1. The first-order valence-electron chi connectivity index (χ1n) is 6.87. The third-order valence-electron chi connectivity index (χ3n) is 3.50. The zero-order valence-electron chi connectivity index (χ0n) is 11.2. The lowest BCUT2D eigenvalue weighted by atomic mass is 10.2. The van der Waals surface area contributed by atoms with Crippen LogP contribution in [-0.2, 0) is 11.2 Å². The van der Waals surface area contributed by atoms with Crippen LogP contribution in [0, 0.1) is 5.92 Å². The van der Waals surface area contributed by atoms with Gasteiger partial charge in [-0.25, -0.2) is 0 Å². The van der Waals surface area contributed by atoms with E-state index in [1.807, 2.05) is 17.5 Å². The second-order valence-corrected chi connectivity index (χ2v) is 8.48. The minimum atomic E-state index is -1.02. The number of rotatable bonds is 5. The summed E-state index contributed by atoms with van der Waals surface area (Å²) in [6.07, 6.45) is 2.42. The first-order chi connectivity index (χ1) is 10.3. The number of hydrogen-bond donors (Lipinski definition) is 1. The maximum Gasteiger partial charge on any atom is 0.321 e. The van der Waals surface area contributed by atoms with Gasteiger partial charge in [-0.3, -0.25) is 4.98 Å². The van der Waals surface area contributed by atoms with E-state index >= 15 is 0 Å². The van der Waals surface area contributed by atoms with Crippen molar-refractivity contribution in [2.45, 2.75) is 18.0 Å². The molecule has 1 saturated carbocycles. The van der Waals surface area contributed by atoms with Crippen molar-refractivity contribution < 1.29 is 4.55 Å². The Morgan fingerprint density at radius 1 is 1.19 bits per heavy atom. The second-order valence-electron chi connectivity index (χ2n) is 5.18. The molecule has 1 atom stereocenters. The molecule has 3 aromatic rings. The molecule has 1 aliphatic carbocycles. The van der Waals surface area contributed by atoms with E-state index in [1.165, 1.54) is 12.8 Å². The van der Waals surface area contributed by atoms with Crippen molar-refractivity contribution in [3.05, 3.63) is 35.0 Å². The van der Waals surface area contributed by atoms with Crippen molar-refractivity contribution in [3.8, 4) is 21.1 Å². The van der Waals surface area contributed by atoms with Crippen LogP contribution in [0.4, 0.5) is 0 Å². The van der Waals surface area contributed by atoms with Gasteiger partial charge < -0.3 is 4.55 Å². The molecule has 1 aliphatic rings. The lowest BCUT2D eigenvalue weighted by Gasteiger charge is -2.04. The Morgan fingerprint density at radius 2 is 1.90 bits per heavy atom. The molecule has 21 heavy (non-hydrogen) atoms. The van der Waals surface area contributed by atoms with Gasteiger partial charge in [-0.15, -0.1) is 22.7 Å². The van der Waals surface area contributed by atoms with E-state index in [0.29, 0.717) is 11.1 Å². The summed E-state index contributed by atoms with van der Waals surface area (Å²) < 4.78 is 12.4. The number of hydrogen-bond acceptors (Lipinski definition) is 4. The number of thiophene rings is 2. The molecule has 3 nitrogen and oxygen atoms in total. The summed E-state index contributed by atoms with van der Waals surface area (Å²) in [6, 6.07) is 8.18. The first kappa shape index (κ1) is 13.6. The molecule has 0 aliphatic heterocycles. The summed E-state index contributed by atoms with van der Waals surface area (Å²) in [5.74, 6) is 1.37. The van der Waals surface area contributed by atoms with Crippen LogP contribution in [0.25, 0.3) is 21.1 Å². The second kappa shape index (κ2) is 5.61. The van der Waals surface area contributed by atoms with Crippen molar-refractivity contribution in [3.63, 3.8) is 0 Å². The summed E-state index contributed by atoms with van der Waals surface area (Å²) in [4.78, 5) is 10.2. The summed E-state index contributed by atoms with van der Waals surface area (Å²) in [5, 5.41) is 4.71. The smallest absolute Gasteiger partial charge is 0.321 e. The van der Waals surface area contributed by atoms with E-state index in [4.69, 9.17) is 0 Å². The van der Waals surface area contributed by atoms with E-state index in [9.17, 15) is 4.55 Å². The Bertz CT molecular complexity index is 663. The summed E-state index contributed by atoms with van der Waals surface area (Å²) in [6.45, 7) is 0. The average Bonchev–Trinajstić information content (AvgIpc) is 3.01. The molecule has 0 amide bonds. The van der Waals surface area contributed by atoms with Crippen LogP contribution in [-0.4, -0.2) is 20.3 Å². The average molecular weight is 334 g/mol. The van der Waals surface area contributed by atoms with Crippen molar-refractivity contribution in [1.82, 2.24) is 9.97 Å². The molecular weight excluding hydrogens is 320 g/mol. The molecule has 3 heterocycles. The molecule has 1 unspecified atom stereocenters. The van der Waals surface area contributed by atoms with Crippen molar-refractivity contribution in [1.29, 1.82) is 0 Å². The molecular formula is C15H14N2OS3. The highest BCUT2D eigenvalue weighted by Gasteiger charge is 2.31. The van der Waals surface area contributed by atoms with E-state index in [0.717, 1.165) is 26.9 Å². The highest BCUT2D eigenvalue weighted by molar-refractivity contribution is 7.91. The number of aromatic nitrogens is 2. The van der Waals surface area contributed by atoms with E-state index in [2.05, 4.69) is 27.5 Å². The van der Waals surface area contributed by atoms with Crippen LogP contribution >= 0.6 is 22.7 Å². The molecule has 4 rings (SSSR count). The van der Waals surface area contributed by atoms with Crippen LogP contribution in [0.3, 0.4) is 0 Å². The predicted molar refractivity (Wildman–Crippen MR) is 89.2 cm³/mol. The van der Waals surface area contributed by atoms with Gasteiger partial charge in [0, 0.05) is 17.1 Å². The topological polar surface area (TPSA) is 51.7 Å². The Hall–Kier alpha value is -1.08. The minimum Gasteiger partial charge on any atom is -0.609 e. The quantitative estimate of drug-likeness (QED) is 0.704. The zero-order valence-corrected chi connectivity index (χ0v) is 13.7. The van der Waals surface area contributed by atoms with Gasteiger partial charge in [0.05, 0.1) is 15.4 Å². The van der Waals surface area contributed by atoms with Crippen molar-refractivity contribution in [2.75, 3.05) is 5.75 Å². The molecule has 0 spiro atoms. The highest BCUT2D eigenvalue weighted by Crippen LogP contribution is 2.37. The zero-order chi connectivity index (χ0) is 14.2.